The molecular weight excluding hydrogens is 276 g/mol. The van der Waals surface area contributed by atoms with Gasteiger partial charge in [-0.15, -0.1) is 0 Å². The molecule has 0 saturated carbocycles. The fourth-order valence-electron chi connectivity index (χ4n) is 2.33. The Bertz CT molecular complexity index is 792. The Kier molecular flexibility index (Phi) is 3.91. The summed E-state index contributed by atoms with van der Waals surface area (Å²) < 4.78 is 2.00. The topological polar surface area (TPSA) is 67.7 Å². The maximum absolute atomic E-state index is 4.58. The van der Waals surface area contributed by atoms with E-state index in [1.54, 1.807) is 0 Å². The zero-order valence-electron chi connectivity index (χ0n) is 13.1. The second-order valence-electron chi connectivity index (χ2n) is 5.25. The van der Waals surface area contributed by atoms with Crippen molar-refractivity contribution < 1.29 is 0 Å². The molecule has 0 fully saturated rings. The van der Waals surface area contributed by atoms with Crippen molar-refractivity contribution in [3.05, 3.63) is 36.0 Å². The molecule has 22 heavy (non-hydrogen) atoms. The third kappa shape index (κ3) is 2.86. The standard InChI is InChI=1S/C16H20N6/c1-4-9-17-14-10-11(2)18-15(20-14)21-16-19-12-7-5-6-8-13(12)22(16)3/h5-8,10H,4,9H2,1-3H3,(H2,17,18,19,20,21). The van der Waals surface area contributed by atoms with Crippen molar-refractivity contribution in [2.45, 2.75) is 20.3 Å². The molecule has 3 aromatic rings. The maximum Gasteiger partial charge on any atom is 0.231 e. The van der Waals surface area contributed by atoms with Crippen LogP contribution in [-0.2, 0) is 7.05 Å². The van der Waals surface area contributed by atoms with E-state index in [0.717, 1.165) is 41.5 Å². The van der Waals surface area contributed by atoms with E-state index in [-0.39, 0.29) is 0 Å². The number of aromatic nitrogens is 4. The Morgan fingerprint density at radius 3 is 2.73 bits per heavy atom. The lowest BCUT2D eigenvalue weighted by Crippen LogP contribution is -2.07. The number of benzene rings is 1. The van der Waals surface area contributed by atoms with E-state index in [0.29, 0.717) is 5.95 Å². The zero-order chi connectivity index (χ0) is 15.5. The second-order valence-corrected chi connectivity index (χ2v) is 5.25. The predicted octanol–water partition coefficient (Wildman–Crippen LogP) is 3.24. The highest BCUT2D eigenvalue weighted by Crippen LogP contribution is 2.20. The number of para-hydroxylation sites is 2. The molecule has 114 valence electrons. The Morgan fingerprint density at radius 2 is 1.95 bits per heavy atom. The molecular formula is C16H20N6. The number of nitrogens with zero attached hydrogens (tertiary/aromatic N) is 4. The molecule has 2 heterocycles. The van der Waals surface area contributed by atoms with Gasteiger partial charge >= 0.3 is 0 Å². The predicted molar refractivity (Wildman–Crippen MR) is 89.5 cm³/mol. The van der Waals surface area contributed by atoms with E-state index in [2.05, 4.69) is 32.5 Å². The highest BCUT2D eigenvalue weighted by molar-refractivity contribution is 5.79. The number of imidazole rings is 1. The van der Waals surface area contributed by atoms with Crippen LogP contribution in [0.3, 0.4) is 0 Å². The minimum absolute atomic E-state index is 0.553. The van der Waals surface area contributed by atoms with Crippen molar-refractivity contribution in [3.63, 3.8) is 0 Å². The summed E-state index contributed by atoms with van der Waals surface area (Å²) in [6.07, 6.45) is 1.05. The van der Waals surface area contributed by atoms with Gasteiger partial charge in [-0.2, -0.15) is 4.98 Å². The van der Waals surface area contributed by atoms with Gasteiger partial charge in [0.2, 0.25) is 11.9 Å². The van der Waals surface area contributed by atoms with Crippen LogP contribution in [0.4, 0.5) is 17.7 Å². The van der Waals surface area contributed by atoms with Crippen LogP contribution in [0.2, 0.25) is 0 Å². The Morgan fingerprint density at radius 1 is 1.14 bits per heavy atom. The molecule has 0 amide bonds. The molecule has 6 heteroatoms. The maximum atomic E-state index is 4.58. The Balaban J connectivity index is 1.91. The van der Waals surface area contributed by atoms with Crippen LogP contribution >= 0.6 is 0 Å². The van der Waals surface area contributed by atoms with Crippen molar-refractivity contribution in [1.29, 1.82) is 0 Å². The van der Waals surface area contributed by atoms with Gasteiger partial charge in [0, 0.05) is 25.4 Å². The first-order valence-corrected chi connectivity index (χ1v) is 7.45. The van der Waals surface area contributed by atoms with Crippen molar-refractivity contribution in [3.8, 4) is 0 Å². The van der Waals surface area contributed by atoms with E-state index in [1.165, 1.54) is 0 Å². The molecule has 0 atom stereocenters. The normalized spacial score (nSPS) is 10.9. The smallest absolute Gasteiger partial charge is 0.231 e. The quantitative estimate of drug-likeness (QED) is 0.756. The molecule has 0 spiro atoms. The first kappa shape index (κ1) is 14.3. The molecule has 0 unspecified atom stereocenters. The second kappa shape index (κ2) is 6.01. The fourth-order valence-corrected chi connectivity index (χ4v) is 2.33. The summed E-state index contributed by atoms with van der Waals surface area (Å²) >= 11 is 0. The van der Waals surface area contributed by atoms with E-state index in [4.69, 9.17) is 0 Å². The van der Waals surface area contributed by atoms with Gasteiger partial charge in [0.05, 0.1) is 11.0 Å². The SMILES string of the molecule is CCCNc1cc(C)nc(Nc2nc3ccccc3n2C)n1. The van der Waals surface area contributed by atoms with E-state index < -0.39 is 0 Å². The molecule has 0 aliphatic rings. The van der Waals surface area contributed by atoms with Crippen molar-refractivity contribution in [2.75, 3.05) is 17.2 Å². The summed E-state index contributed by atoms with van der Waals surface area (Å²) in [6, 6.07) is 9.96. The summed E-state index contributed by atoms with van der Waals surface area (Å²) in [6.45, 7) is 4.97. The lowest BCUT2D eigenvalue weighted by Gasteiger charge is -2.09. The Hall–Kier alpha value is -2.63. The molecule has 6 nitrogen and oxygen atoms in total. The van der Waals surface area contributed by atoms with Gasteiger partial charge in [-0.05, 0) is 25.5 Å². The summed E-state index contributed by atoms with van der Waals surface area (Å²) in [5.41, 5.74) is 2.93. The monoisotopic (exact) mass is 296 g/mol. The van der Waals surface area contributed by atoms with Crippen LogP contribution in [0, 0.1) is 6.92 Å². The average molecular weight is 296 g/mol. The van der Waals surface area contributed by atoms with Crippen molar-refractivity contribution in [1.82, 2.24) is 19.5 Å². The van der Waals surface area contributed by atoms with E-state index >= 15 is 0 Å². The van der Waals surface area contributed by atoms with Gasteiger partial charge in [-0.1, -0.05) is 19.1 Å². The van der Waals surface area contributed by atoms with Crippen LogP contribution in [0.5, 0.6) is 0 Å². The number of anilines is 3. The summed E-state index contributed by atoms with van der Waals surface area (Å²) in [5.74, 6) is 2.11. The van der Waals surface area contributed by atoms with Gasteiger partial charge in [0.1, 0.15) is 5.82 Å². The molecule has 3 rings (SSSR count). The molecule has 1 aromatic carbocycles. The number of hydrogen-bond acceptors (Lipinski definition) is 5. The first-order valence-electron chi connectivity index (χ1n) is 7.45. The first-order chi connectivity index (χ1) is 10.7. The van der Waals surface area contributed by atoms with Gasteiger partial charge in [-0.25, -0.2) is 9.97 Å². The minimum atomic E-state index is 0.553. The van der Waals surface area contributed by atoms with Gasteiger partial charge < -0.3 is 9.88 Å². The summed E-state index contributed by atoms with van der Waals surface area (Å²) in [5, 5.41) is 6.49. The highest BCUT2D eigenvalue weighted by Gasteiger charge is 2.09. The summed E-state index contributed by atoms with van der Waals surface area (Å²) in [4.78, 5) is 13.5. The van der Waals surface area contributed by atoms with E-state index in [1.807, 2.05) is 48.9 Å². The molecule has 0 radical (unpaired) electrons. The molecule has 0 bridgehead atoms. The third-order valence-electron chi connectivity index (χ3n) is 3.42. The Labute approximate surface area is 129 Å². The molecule has 0 saturated heterocycles. The molecule has 2 aromatic heterocycles. The minimum Gasteiger partial charge on any atom is -0.370 e. The lowest BCUT2D eigenvalue weighted by molar-refractivity contribution is 0.941. The van der Waals surface area contributed by atoms with Crippen LogP contribution in [0.1, 0.15) is 19.0 Å². The van der Waals surface area contributed by atoms with E-state index in [9.17, 15) is 0 Å². The van der Waals surface area contributed by atoms with Crippen LogP contribution in [0.15, 0.2) is 30.3 Å². The number of fused-ring (bicyclic) bond motifs is 1. The van der Waals surface area contributed by atoms with Crippen molar-refractivity contribution in [2.24, 2.45) is 7.05 Å². The number of rotatable bonds is 5. The molecule has 0 aliphatic heterocycles. The number of nitrogens with one attached hydrogen (secondary N) is 2. The third-order valence-corrected chi connectivity index (χ3v) is 3.42. The zero-order valence-corrected chi connectivity index (χ0v) is 13.1. The average Bonchev–Trinajstić information content (AvgIpc) is 2.81. The summed E-state index contributed by atoms with van der Waals surface area (Å²) in [7, 11) is 1.98. The number of aryl methyl sites for hydroxylation is 2. The highest BCUT2D eigenvalue weighted by atomic mass is 15.3. The van der Waals surface area contributed by atoms with Crippen LogP contribution in [-0.4, -0.2) is 26.1 Å². The molecule has 2 N–H and O–H groups in total. The number of hydrogen-bond donors (Lipinski definition) is 2. The van der Waals surface area contributed by atoms with Gasteiger partial charge in [0.25, 0.3) is 0 Å². The fraction of sp³-hybridized carbons (Fsp3) is 0.312. The van der Waals surface area contributed by atoms with Gasteiger partial charge in [0.15, 0.2) is 0 Å². The van der Waals surface area contributed by atoms with Crippen molar-refractivity contribution >= 4 is 28.7 Å². The van der Waals surface area contributed by atoms with Crippen LogP contribution in [0.25, 0.3) is 11.0 Å². The largest absolute Gasteiger partial charge is 0.370 e. The lowest BCUT2D eigenvalue weighted by atomic mass is 10.3. The van der Waals surface area contributed by atoms with Crippen LogP contribution < -0.4 is 10.6 Å². The van der Waals surface area contributed by atoms with Gasteiger partial charge in [-0.3, -0.25) is 5.32 Å². The molecule has 0 aliphatic carbocycles.